The Morgan fingerprint density at radius 1 is 0.950 bits per heavy atom. The number of hydrogen-bond donors (Lipinski definition) is 1. The van der Waals surface area contributed by atoms with Gasteiger partial charge in [0.2, 0.25) is 11.8 Å². The van der Waals surface area contributed by atoms with Gasteiger partial charge < -0.3 is 15.0 Å². The smallest absolute Gasteiger partial charge is 0.264 e. The third kappa shape index (κ3) is 8.08. The van der Waals surface area contributed by atoms with Gasteiger partial charge >= 0.3 is 0 Å². The first-order valence-corrected chi connectivity index (χ1v) is 15.4. The summed E-state index contributed by atoms with van der Waals surface area (Å²) >= 11 is 3.46. The summed E-state index contributed by atoms with van der Waals surface area (Å²) in [5.41, 5.74) is 1.13. The lowest BCUT2D eigenvalue weighted by atomic mass is 10.1. The summed E-state index contributed by atoms with van der Waals surface area (Å²) in [6.45, 7) is 7.44. The van der Waals surface area contributed by atoms with Gasteiger partial charge in [-0.2, -0.15) is 0 Å². The van der Waals surface area contributed by atoms with E-state index in [1.165, 1.54) is 17.0 Å². The average molecular weight is 631 g/mol. The fraction of sp³-hybridized carbons (Fsp3) is 0.333. The van der Waals surface area contributed by atoms with Crippen molar-refractivity contribution in [1.29, 1.82) is 0 Å². The molecule has 2 amide bonds. The molecule has 214 valence electrons. The van der Waals surface area contributed by atoms with Crippen LogP contribution < -0.4 is 14.4 Å². The van der Waals surface area contributed by atoms with E-state index in [0.29, 0.717) is 18.0 Å². The molecular weight excluding hydrogens is 594 g/mol. The number of nitrogens with one attached hydrogen (secondary N) is 1. The number of benzene rings is 3. The van der Waals surface area contributed by atoms with Crippen LogP contribution >= 0.6 is 15.9 Å². The first-order chi connectivity index (χ1) is 19.1. The topological polar surface area (TPSA) is 96.0 Å². The average Bonchev–Trinajstić information content (AvgIpc) is 2.95. The molecule has 0 aromatic heterocycles. The first-order valence-electron chi connectivity index (χ1n) is 13.2. The lowest BCUT2D eigenvalue weighted by molar-refractivity contribution is -0.139. The molecule has 8 nitrogen and oxygen atoms in total. The van der Waals surface area contributed by atoms with E-state index < -0.39 is 28.5 Å². The highest BCUT2D eigenvalue weighted by Crippen LogP contribution is 2.26. The molecule has 0 heterocycles. The minimum atomic E-state index is -4.14. The number of rotatable bonds is 13. The highest BCUT2D eigenvalue weighted by atomic mass is 79.9. The molecule has 40 heavy (non-hydrogen) atoms. The van der Waals surface area contributed by atoms with Gasteiger partial charge in [-0.1, -0.05) is 53.2 Å². The van der Waals surface area contributed by atoms with Crippen LogP contribution in [-0.2, 0) is 26.2 Å². The van der Waals surface area contributed by atoms with E-state index in [0.717, 1.165) is 20.8 Å². The lowest BCUT2D eigenvalue weighted by Crippen LogP contribution is -2.52. The van der Waals surface area contributed by atoms with Gasteiger partial charge in [-0.25, -0.2) is 8.42 Å². The van der Waals surface area contributed by atoms with Crippen LogP contribution in [0.4, 0.5) is 5.69 Å². The highest BCUT2D eigenvalue weighted by molar-refractivity contribution is 9.10. The summed E-state index contributed by atoms with van der Waals surface area (Å²) in [5, 5.41) is 2.93. The van der Waals surface area contributed by atoms with Crippen molar-refractivity contribution in [3.63, 3.8) is 0 Å². The number of anilines is 1. The summed E-state index contributed by atoms with van der Waals surface area (Å²) in [5.74, 6) is -0.270. The van der Waals surface area contributed by atoms with E-state index in [4.69, 9.17) is 4.74 Å². The number of nitrogens with zero attached hydrogens (tertiary/aromatic N) is 2. The zero-order chi connectivity index (χ0) is 29.3. The third-order valence-corrected chi connectivity index (χ3v) is 8.74. The van der Waals surface area contributed by atoms with Crippen LogP contribution in [0.5, 0.6) is 5.75 Å². The van der Waals surface area contributed by atoms with Crippen molar-refractivity contribution >= 4 is 43.5 Å². The molecule has 0 unspecified atom stereocenters. The fourth-order valence-corrected chi connectivity index (χ4v) is 5.87. The standard InChI is InChI=1S/C30H36BrN3O5S/c1-5-22(3)32-30(36)23(4)33(20-24-11-10-12-25(31)19-24)29(35)21-34(26-13-8-7-9-14-26)40(37,38)28-17-15-27(16-18-28)39-6-2/h7-19,22-23H,5-6,20-21H2,1-4H3,(H,32,36)/t22-,23-/m1/s1. The normalized spacial score (nSPS) is 12.7. The van der Waals surface area contributed by atoms with Gasteiger partial charge in [-0.15, -0.1) is 0 Å². The van der Waals surface area contributed by atoms with Crippen molar-refractivity contribution in [2.24, 2.45) is 0 Å². The number of para-hydroxylation sites is 1. The van der Waals surface area contributed by atoms with E-state index in [9.17, 15) is 18.0 Å². The number of ether oxygens (including phenoxy) is 1. The van der Waals surface area contributed by atoms with Gasteiger partial charge in [0.25, 0.3) is 10.0 Å². The van der Waals surface area contributed by atoms with Crippen molar-refractivity contribution in [2.75, 3.05) is 17.5 Å². The number of sulfonamides is 1. The molecule has 0 aliphatic carbocycles. The number of halogens is 1. The van der Waals surface area contributed by atoms with E-state index in [2.05, 4.69) is 21.2 Å². The Balaban J connectivity index is 1.99. The molecule has 1 N–H and O–H groups in total. The Morgan fingerprint density at radius 3 is 2.23 bits per heavy atom. The maximum Gasteiger partial charge on any atom is 0.264 e. The predicted octanol–water partition coefficient (Wildman–Crippen LogP) is 5.38. The molecule has 2 atom stereocenters. The van der Waals surface area contributed by atoms with Gasteiger partial charge in [0, 0.05) is 17.1 Å². The Labute approximate surface area is 245 Å². The van der Waals surface area contributed by atoms with Gasteiger partial charge in [-0.05, 0) is 81.3 Å². The van der Waals surface area contributed by atoms with Crippen LogP contribution in [0.3, 0.4) is 0 Å². The predicted molar refractivity (Wildman–Crippen MR) is 161 cm³/mol. The molecule has 0 radical (unpaired) electrons. The summed E-state index contributed by atoms with van der Waals surface area (Å²) in [7, 11) is -4.14. The van der Waals surface area contributed by atoms with Crippen LogP contribution in [0, 0.1) is 0 Å². The minimum Gasteiger partial charge on any atom is -0.494 e. The molecule has 3 rings (SSSR count). The van der Waals surface area contributed by atoms with Crippen LogP contribution in [0.2, 0.25) is 0 Å². The van der Waals surface area contributed by atoms with Crippen molar-refractivity contribution in [2.45, 2.75) is 57.6 Å². The van der Waals surface area contributed by atoms with E-state index >= 15 is 0 Å². The zero-order valence-electron chi connectivity index (χ0n) is 23.2. The van der Waals surface area contributed by atoms with Crippen LogP contribution in [0.25, 0.3) is 0 Å². The molecule has 0 aliphatic heterocycles. The van der Waals surface area contributed by atoms with Gasteiger partial charge in [-0.3, -0.25) is 13.9 Å². The first kappa shape index (κ1) is 31.2. The van der Waals surface area contributed by atoms with Crippen molar-refractivity contribution in [3.8, 4) is 5.75 Å². The zero-order valence-corrected chi connectivity index (χ0v) is 25.6. The summed E-state index contributed by atoms with van der Waals surface area (Å²) < 4.78 is 35.1. The Kier molecular flexibility index (Phi) is 11.2. The summed E-state index contributed by atoms with van der Waals surface area (Å²) in [4.78, 5) is 28.5. The van der Waals surface area contributed by atoms with E-state index in [1.807, 2.05) is 45.0 Å². The lowest BCUT2D eigenvalue weighted by Gasteiger charge is -2.32. The number of carbonyl (C=O) groups is 2. The minimum absolute atomic E-state index is 0.0220. The molecule has 0 saturated heterocycles. The molecule has 0 fully saturated rings. The molecule has 0 saturated carbocycles. The number of amides is 2. The van der Waals surface area contributed by atoms with Gasteiger partial charge in [0.15, 0.2) is 0 Å². The largest absolute Gasteiger partial charge is 0.494 e. The van der Waals surface area contributed by atoms with Crippen LogP contribution in [0.15, 0.2) is 88.2 Å². The Hall–Kier alpha value is -3.37. The maximum atomic E-state index is 13.9. The van der Waals surface area contributed by atoms with Gasteiger partial charge in [0.05, 0.1) is 17.2 Å². The van der Waals surface area contributed by atoms with E-state index in [-0.39, 0.29) is 23.4 Å². The summed E-state index contributed by atoms with van der Waals surface area (Å²) in [6.07, 6.45) is 0.736. The number of carbonyl (C=O) groups excluding carboxylic acids is 2. The summed E-state index contributed by atoms with van der Waals surface area (Å²) in [6, 6.07) is 21.1. The molecule has 3 aromatic rings. The van der Waals surface area contributed by atoms with Crippen molar-refractivity contribution in [3.05, 3.63) is 88.9 Å². The molecule has 0 bridgehead atoms. The monoisotopic (exact) mass is 629 g/mol. The van der Waals surface area contributed by atoms with Crippen molar-refractivity contribution < 1.29 is 22.7 Å². The Morgan fingerprint density at radius 2 is 1.62 bits per heavy atom. The second-order valence-corrected chi connectivity index (χ2v) is 12.2. The SMILES string of the molecule is CCOc1ccc(S(=O)(=O)N(CC(=O)N(Cc2cccc(Br)c2)[C@H](C)C(=O)N[C@H](C)CC)c2ccccc2)cc1. The van der Waals surface area contributed by atoms with E-state index in [1.54, 1.807) is 49.4 Å². The van der Waals surface area contributed by atoms with Crippen LogP contribution in [0.1, 0.15) is 39.7 Å². The Bertz CT molecular complexity index is 1380. The molecular formula is C30H36BrN3O5S. The quantitative estimate of drug-likeness (QED) is 0.274. The molecule has 0 spiro atoms. The maximum absolute atomic E-state index is 13.9. The second-order valence-electron chi connectivity index (χ2n) is 9.40. The second kappa shape index (κ2) is 14.3. The highest BCUT2D eigenvalue weighted by Gasteiger charge is 2.32. The molecule has 0 aliphatic rings. The molecule has 3 aromatic carbocycles. The van der Waals surface area contributed by atoms with Gasteiger partial charge in [0.1, 0.15) is 18.3 Å². The van der Waals surface area contributed by atoms with Crippen molar-refractivity contribution in [1.82, 2.24) is 10.2 Å². The fourth-order valence-electron chi connectivity index (χ4n) is 4.00. The number of hydrogen-bond acceptors (Lipinski definition) is 5. The third-order valence-electron chi connectivity index (χ3n) is 6.46. The van der Waals surface area contributed by atoms with Crippen LogP contribution in [-0.4, -0.2) is 50.4 Å². The molecule has 10 heteroatoms.